The van der Waals surface area contributed by atoms with Crippen LogP contribution in [0.4, 0.5) is 4.79 Å². The number of esters is 1. The lowest BCUT2D eigenvalue weighted by atomic mass is 9.73. The third-order valence-corrected chi connectivity index (χ3v) is 12.1. The second kappa shape index (κ2) is 17.8. The van der Waals surface area contributed by atoms with Crippen molar-refractivity contribution in [3.05, 3.63) is 48.2 Å². The zero-order valence-corrected chi connectivity index (χ0v) is 34.5. The quantitative estimate of drug-likeness (QED) is 0.243. The lowest BCUT2D eigenvalue weighted by Gasteiger charge is -2.47. The molecule has 0 radical (unpaired) electrons. The van der Waals surface area contributed by atoms with Gasteiger partial charge in [0.15, 0.2) is 17.7 Å². The molecule has 1 unspecified atom stereocenters. The van der Waals surface area contributed by atoms with E-state index in [1.807, 2.05) is 75.3 Å². The number of nitrogens with one attached hydrogen (secondary N) is 1. The van der Waals surface area contributed by atoms with Crippen molar-refractivity contribution in [1.82, 2.24) is 15.2 Å². The van der Waals surface area contributed by atoms with Crippen molar-refractivity contribution >= 4 is 40.6 Å². The second-order valence-corrected chi connectivity index (χ2v) is 16.7. The number of rotatable bonds is 9. The molecule has 56 heavy (non-hydrogen) atoms. The van der Waals surface area contributed by atoms with Crippen LogP contribution in [0.5, 0.6) is 0 Å². The van der Waals surface area contributed by atoms with Gasteiger partial charge in [-0.15, -0.1) is 0 Å². The van der Waals surface area contributed by atoms with E-state index in [1.165, 1.54) is 6.92 Å². The summed E-state index contributed by atoms with van der Waals surface area (Å²) in [5.41, 5.74) is -0.975. The number of aliphatic hydroxyl groups excluding tert-OH is 1. The number of hydrogen-bond acceptors (Lipinski definition) is 12. The van der Waals surface area contributed by atoms with Crippen LogP contribution in [0.1, 0.15) is 86.6 Å². The predicted molar refractivity (Wildman–Crippen MR) is 210 cm³/mol. The van der Waals surface area contributed by atoms with E-state index in [1.54, 1.807) is 40.8 Å². The predicted octanol–water partition coefficient (Wildman–Crippen LogP) is 5.50. The first kappa shape index (κ1) is 43.4. The number of ether oxygens (including phenoxy) is 5. The number of aliphatic hydroxyl groups is 1. The van der Waals surface area contributed by atoms with Crippen LogP contribution < -0.4 is 5.32 Å². The summed E-state index contributed by atoms with van der Waals surface area (Å²) in [4.78, 5) is 62.1. The number of Topliss-reactive ketones (excluding diaryl/α,β-unsaturated/α-hetero) is 2. The number of likely N-dealkylation sites (N-methyl/N-ethyl adjacent to an activating group) is 1. The smallest absolute Gasteiger partial charge is 0.408 e. The molecule has 13 heteroatoms. The van der Waals surface area contributed by atoms with Gasteiger partial charge in [0.25, 0.3) is 0 Å². The Bertz CT molecular complexity index is 1770. The fraction of sp³-hybridized carbons (Fsp3) is 0.651. The van der Waals surface area contributed by atoms with Crippen molar-refractivity contribution < 1.29 is 48.0 Å². The molecule has 2 N–H and O–H groups in total. The molecule has 3 saturated heterocycles. The van der Waals surface area contributed by atoms with E-state index in [0.717, 1.165) is 16.5 Å². The summed E-state index contributed by atoms with van der Waals surface area (Å²) in [6, 6.07) is 8.69. The molecular weight excluding hydrogens is 718 g/mol. The van der Waals surface area contributed by atoms with E-state index in [-0.39, 0.29) is 31.0 Å². The topological polar surface area (TPSA) is 163 Å². The van der Waals surface area contributed by atoms with Gasteiger partial charge >= 0.3 is 12.1 Å². The molecule has 308 valence electrons. The average Bonchev–Trinajstić information content (AvgIpc) is 3.48. The first-order valence-electron chi connectivity index (χ1n) is 20.0. The number of amides is 1. The van der Waals surface area contributed by atoms with E-state index >= 15 is 0 Å². The summed E-state index contributed by atoms with van der Waals surface area (Å²) in [6.45, 7) is 14.0. The molecule has 13 atom stereocenters. The van der Waals surface area contributed by atoms with Crippen LogP contribution in [-0.2, 0) is 38.1 Å². The molecule has 3 aliphatic rings. The summed E-state index contributed by atoms with van der Waals surface area (Å²) in [5, 5.41) is 15.4. The Morgan fingerprint density at radius 3 is 2.46 bits per heavy atom. The Hall–Kier alpha value is -3.75. The van der Waals surface area contributed by atoms with E-state index in [0.29, 0.717) is 19.3 Å². The minimum absolute atomic E-state index is 0.0691. The minimum Gasteiger partial charge on any atom is -0.457 e. The van der Waals surface area contributed by atoms with E-state index in [9.17, 15) is 24.3 Å². The normalized spacial score (nSPS) is 37.6. The number of carbonyl (C=O) groups excluding carboxylic acids is 4. The van der Waals surface area contributed by atoms with Crippen LogP contribution in [0.15, 0.2) is 42.6 Å². The summed E-state index contributed by atoms with van der Waals surface area (Å²) < 4.78 is 31.6. The van der Waals surface area contributed by atoms with Crippen molar-refractivity contribution in [2.75, 3.05) is 20.7 Å². The molecule has 13 nitrogen and oxygen atoms in total. The molecule has 2 aromatic rings. The van der Waals surface area contributed by atoms with Crippen molar-refractivity contribution in [3.63, 3.8) is 0 Å². The molecule has 4 heterocycles. The van der Waals surface area contributed by atoms with Gasteiger partial charge in [0.2, 0.25) is 0 Å². The molecule has 5 rings (SSSR count). The number of aromatic nitrogens is 1. The molecule has 3 aliphatic heterocycles. The SMILES string of the molecule is CCC[C@H]1OC(=O)[C@H](C)C(=O)[C@H](C)[C@@H](OC2O[C@H](C)C[C@H](N(C)C)[C@H]2O)[C@](C)(OC/C=C/c2ccc3cccnc3c2)C[C@@H](C)C(=O)[C@@H](C)[C@@H]2NC(=O)O[C@]12C. The van der Waals surface area contributed by atoms with Gasteiger partial charge in [-0.25, -0.2) is 4.79 Å². The maximum Gasteiger partial charge on any atom is 0.408 e. The van der Waals surface area contributed by atoms with E-state index in [4.69, 9.17) is 23.7 Å². The van der Waals surface area contributed by atoms with E-state index in [2.05, 4.69) is 10.3 Å². The van der Waals surface area contributed by atoms with Crippen molar-refractivity contribution in [3.8, 4) is 0 Å². The van der Waals surface area contributed by atoms with Crippen LogP contribution in [0, 0.1) is 23.7 Å². The monoisotopic (exact) mass is 779 g/mol. The summed E-state index contributed by atoms with van der Waals surface area (Å²) in [7, 11) is 3.75. The van der Waals surface area contributed by atoms with Crippen molar-refractivity contribution in [2.45, 2.75) is 135 Å². The first-order valence-corrected chi connectivity index (χ1v) is 20.0. The van der Waals surface area contributed by atoms with Crippen molar-refractivity contribution in [2.24, 2.45) is 23.7 Å². The fourth-order valence-electron chi connectivity index (χ4n) is 8.86. The van der Waals surface area contributed by atoms with Crippen molar-refractivity contribution in [1.29, 1.82) is 0 Å². The fourth-order valence-corrected chi connectivity index (χ4v) is 8.86. The van der Waals surface area contributed by atoms with Crippen LogP contribution in [0.25, 0.3) is 17.0 Å². The molecule has 0 aliphatic carbocycles. The number of hydrogen-bond donors (Lipinski definition) is 2. The maximum absolute atomic E-state index is 14.5. The van der Waals surface area contributed by atoms with Gasteiger partial charge < -0.3 is 39.0 Å². The van der Waals surface area contributed by atoms with Gasteiger partial charge in [-0.05, 0) is 78.7 Å². The number of benzene rings is 1. The largest absolute Gasteiger partial charge is 0.457 e. The molecule has 0 bridgehead atoms. The Labute approximate surface area is 330 Å². The number of cyclic esters (lactones) is 1. The number of nitrogens with zero attached hydrogens (tertiary/aromatic N) is 2. The third kappa shape index (κ3) is 9.18. The number of carbonyl (C=O) groups is 4. The summed E-state index contributed by atoms with van der Waals surface area (Å²) in [6.07, 6.45) is 1.82. The number of alkyl carbamates (subject to hydrolysis) is 1. The zero-order chi connectivity index (χ0) is 41.1. The molecule has 1 aromatic heterocycles. The van der Waals surface area contributed by atoms with Crippen LogP contribution in [0.3, 0.4) is 0 Å². The van der Waals surface area contributed by atoms with Gasteiger partial charge in [0.05, 0.1) is 36.0 Å². The summed E-state index contributed by atoms with van der Waals surface area (Å²) in [5.74, 6) is -5.09. The summed E-state index contributed by atoms with van der Waals surface area (Å²) >= 11 is 0. The van der Waals surface area contributed by atoms with Crippen LogP contribution in [0.2, 0.25) is 0 Å². The molecule has 1 aromatic carbocycles. The molecular formula is C43H61N3O10. The standard InChI is InChI=1S/C43H61N3O10/c1-11-14-33-43(8)37(45-41(51)56-43)26(4)34(47)24(2)23-42(7,52-20-13-15-29-17-18-30-16-12-19-44-31(30)22-29)38(27(5)35(48)28(6)39(50)54-33)55-40-36(49)32(46(9)10)21-25(3)53-40/h12-13,15-19,22,24-28,32-33,36-38,40,49H,11,14,20-21,23H2,1-10H3,(H,45,51)/b15-13+/t24-,25-,26-,27+,28-,32+,33-,36-,37+,38-,40?,42-,43-/m1/s1. The lowest BCUT2D eigenvalue weighted by Crippen LogP contribution is -2.60. The second-order valence-electron chi connectivity index (χ2n) is 16.7. The highest BCUT2D eigenvalue weighted by Gasteiger charge is 2.57. The maximum atomic E-state index is 14.5. The molecule has 1 amide bonds. The Morgan fingerprint density at radius 2 is 1.77 bits per heavy atom. The zero-order valence-electron chi connectivity index (χ0n) is 34.5. The highest BCUT2D eigenvalue weighted by Crippen LogP contribution is 2.40. The average molecular weight is 780 g/mol. The third-order valence-electron chi connectivity index (χ3n) is 12.1. The van der Waals surface area contributed by atoms with Gasteiger partial charge in [0, 0.05) is 35.4 Å². The number of pyridine rings is 1. The Kier molecular flexibility index (Phi) is 13.8. The number of ketones is 2. The lowest BCUT2D eigenvalue weighted by molar-refractivity contribution is -0.296. The molecule has 0 saturated carbocycles. The van der Waals surface area contributed by atoms with Crippen LogP contribution >= 0.6 is 0 Å². The van der Waals surface area contributed by atoms with Gasteiger partial charge in [-0.3, -0.25) is 19.4 Å². The van der Waals surface area contributed by atoms with E-state index < -0.39 is 83.4 Å². The molecule has 0 spiro atoms. The van der Waals surface area contributed by atoms with Gasteiger partial charge in [-0.2, -0.15) is 0 Å². The van der Waals surface area contributed by atoms with Gasteiger partial charge in [0.1, 0.15) is 23.9 Å². The number of fused-ring (bicyclic) bond motifs is 2. The highest BCUT2D eigenvalue weighted by atomic mass is 16.7. The first-order chi connectivity index (χ1) is 26.4. The van der Waals surface area contributed by atoms with Crippen LogP contribution in [-0.4, -0.2) is 113 Å². The molecule has 3 fully saturated rings. The Balaban J connectivity index is 1.56. The minimum atomic E-state index is -1.38. The highest BCUT2D eigenvalue weighted by molar-refractivity contribution is 6.00. The Morgan fingerprint density at radius 1 is 1.04 bits per heavy atom. The van der Waals surface area contributed by atoms with Gasteiger partial charge in [-0.1, -0.05) is 64.5 Å².